The van der Waals surface area contributed by atoms with Gasteiger partial charge in [0.1, 0.15) is 16.5 Å². The lowest BCUT2D eigenvalue weighted by molar-refractivity contribution is 0.0691. The molecule has 2 aromatic carbocycles. The maximum absolute atomic E-state index is 10.9. The van der Waals surface area contributed by atoms with Crippen LogP contribution in [0.5, 0.6) is 11.5 Å². The summed E-state index contributed by atoms with van der Waals surface area (Å²) < 4.78 is 5.96. The summed E-state index contributed by atoms with van der Waals surface area (Å²) in [6.45, 7) is 4.03. The van der Waals surface area contributed by atoms with Crippen molar-refractivity contribution < 1.29 is 14.6 Å². The molecule has 0 atom stereocenters. The second-order valence-electron chi connectivity index (χ2n) is 5.19. The van der Waals surface area contributed by atoms with E-state index in [-0.39, 0.29) is 5.69 Å². The summed E-state index contributed by atoms with van der Waals surface area (Å²) in [6.07, 6.45) is 0. The first-order valence-corrected chi connectivity index (χ1v) is 7.96. The van der Waals surface area contributed by atoms with Crippen molar-refractivity contribution in [1.29, 1.82) is 0 Å². The van der Waals surface area contributed by atoms with Crippen LogP contribution in [0.4, 0.5) is 0 Å². The largest absolute Gasteiger partial charge is 0.476 e. The van der Waals surface area contributed by atoms with E-state index in [0.717, 1.165) is 28.2 Å². The van der Waals surface area contributed by atoms with Crippen LogP contribution < -0.4 is 4.74 Å². The Bertz CT molecular complexity index is 833. The van der Waals surface area contributed by atoms with E-state index < -0.39 is 5.97 Å². The van der Waals surface area contributed by atoms with E-state index in [1.807, 2.05) is 56.3 Å². The molecule has 5 heteroatoms. The summed E-state index contributed by atoms with van der Waals surface area (Å²) in [6, 6.07) is 13.5. The molecule has 0 fully saturated rings. The molecule has 3 aromatic rings. The van der Waals surface area contributed by atoms with Gasteiger partial charge in [0.2, 0.25) is 0 Å². The molecule has 0 radical (unpaired) electrons. The van der Waals surface area contributed by atoms with E-state index >= 15 is 0 Å². The number of aromatic nitrogens is 1. The fourth-order valence-corrected chi connectivity index (χ4v) is 3.05. The van der Waals surface area contributed by atoms with Gasteiger partial charge >= 0.3 is 5.97 Å². The van der Waals surface area contributed by atoms with Crippen molar-refractivity contribution in [2.75, 3.05) is 0 Å². The molecule has 0 aliphatic heterocycles. The molecule has 0 amide bonds. The number of rotatable bonds is 4. The normalized spacial score (nSPS) is 10.5. The number of hydrogen-bond donors (Lipinski definition) is 1. The minimum Gasteiger partial charge on any atom is -0.476 e. The Morgan fingerprint density at radius 3 is 2.30 bits per heavy atom. The number of carbonyl (C=O) groups is 1. The van der Waals surface area contributed by atoms with Gasteiger partial charge < -0.3 is 9.84 Å². The summed E-state index contributed by atoms with van der Waals surface area (Å²) in [5.74, 6) is 0.589. The highest BCUT2D eigenvalue weighted by molar-refractivity contribution is 7.13. The predicted octanol–water partition coefficient (Wildman–Crippen LogP) is 4.92. The molecule has 1 N–H and O–H groups in total. The van der Waals surface area contributed by atoms with E-state index in [4.69, 9.17) is 9.84 Å². The van der Waals surface area contributed by atoms with Crippen LogP contribution in [0.15, 0.2) is 47.8 Å². The molecule has 3 rings (SSSR count). The number of carboxylic acids is 1. The Hall–Kier alpha value is -2.66. The Kier molecular flexibility index (Phi) is 4.12. The molecule has 0 aliphatic rings. The molecule has 4 nitrogen and oxygen atoms in total. The zero-order valence-electron chi connectivity index (χ0n) is 12.7. The Labute approximate surface area is 138 Å². The van der Waals surface area contributed by atoms with E-state index in [2.05, 4.69) is 4.98 Å². The van der Waals surface area contributed by atoms with Crippen molar-refractivity contribution in [3.05, 3.63) is 64.7 Å². The Morgan fingerprint density at radius 2 is 1.74 bits per heavy atom. The lowest BCUT2D eigenvalue weighted by Gasteiger charge is -2.11. The summed E-state index contributed by atoms with van der Waals surface area (Å²) in [5, 5.41) is 11.2. The monoisotopic (exact) mass is 325 g/mol. The SMILES string of the molecule is Cc1cccc(C)c1Oc1ccc(-c2nc(C(=O)O)cs2)cc1. The maximum atomic E-state index is 10.9. The molecule has 0 saturated heterocycles. The summed E-state index contributed by atoms with van der Waals surface area (Å²) in [5.41, 5.74) is 3.11. The molecule has 0 aliphatic carbocycles. The standard InChI is InChI=1S/C18H15NO3S/c1-11-4-3-5-12(2)16(11)22-14-8-6-13(7-9-14)17-19-15(10-23-17)18(20)21/h3-10H,1-2H3,(H,20,21). The molecule has 1 heterocycles. The smallest absolute Gasteiger partial charge is 0.355 e. The molecule has 0 saturated carbocycles. The number of hydrogen-bond acceptors (Lipinski definition) is 4. The first kappa shape index (κ1) is 15.2. The molecule has 116 valence electrons. The van der Waals surface area contributed by atoms with E-state index in [0.29, 0.717) is 5.01 Å². The average molecular weight is 325 g/mol. The van der Waals surface area contributed by atoms with Gasteiger partial charge in [0.15, 0.2) is 5.69 Å². The van der Waals surface area contributed by atoms with Gasteiger partial charge in [0.25, 0.3) is 0 Å². The zero-order chi connectivity index (χ0) is 16.4. The van der Waals surface area contributed by atoms with Crippen molar-refractivity contribution >= 4 is 17.3 Å². The van der Waals surface area contributed by atoms with Crippen molar-refractivity contribution in [3.63, 3.8) is 0 Å². The van der Waals surface area contributed by atoms with Crippen LogP contribution >= 0.6 is 11.3 Å². The highest BCUT2D eigenvalue weighted by Gasteiger charge is 2.10. The zero-order valence-corrected chi connectivity index (χ0v) is 13.6. The van der Waals surface area contributed by atoms with Gasteiger partial charge in [-0.05, 0) is 49.2 Å². The molecule has 0 spiro atoms. The molecule has 0 unspecified atom stereocenters. The van der Waals surface area contributed by atoms with Crippen LogP contribution in [0.2, 0.25) is 0 Å². The van der Waals surface area contributed by atoms with Gasteiger partial charge in [-0.25, -0.2) is 9.78 Å². The predicted molar refractivity (Wildman–Crippen MR) is 90.5 cm³/mol. The second kappa shape index (κ2) is 6.22. The topological polar surface area (TPSA) is 59.4 Å². The number of aromatic carboxylic acids is 1. The second-order valence-corrected chi connectivity index (χ2v) is 6.05. The van der Waals surface area contributed by atoms with Crippen LogP contribution in [0, 0.1) is 13.8 Å². The van der Waals surface area contributed by atoms with Crippen molar-refractivity contribution in [1.82, 2.24) is 4.98 Å². The fourth-order valence-electron chi connectivity index (χ4n) is 2.25. The average Bonchev–Trinajstić information content (AvgIpc) is 3.02. The highest BCUT2D eigenvalue weighted by atomic mass is 32.1. The summed E-state index contributed by atoms with van der Waals surface area (Å²) in [7, 11) is 0. The van der Waals surface area contributed by atoms with Gasteiger partial charge in [0, 0.05) is 10.9 Å². The van der Waals surface area contributed by atoms with Crippen molar-refractivity contribution in [3.8, 4) is 22.1 Å². The van der Waals surface area contributed by atoms with Gasteiger partial charge in [-0.1, -0.05) is 18.2 Å². The van der Waals surface area contributed by atoms with Crippen molar-refractivity contribution in [2.24, 2.45) is 0 Å². The van der Waals surface area contributed by atoms with E-state index in [1.165, 1.54) is 11.3 Å². The first-order chi connectivity index (χ1) is 11.0. The minimum atomic E-state index is -1.01. The first-order valence-electron chi connectivity index (χ1n) is 7.08. The number of nitrogens with zero attached hydrogens (tertiary/aromatic N) is 1. The minimum absolute atomic E-state index is 0.0702. The van der Waals surface area contributed by atoms with Gasteiger partial charge in [0.05, 0.1) is 0 Å². The number of ether oxygens (including phenoxy) is 1. The lowest BCUT2D eigenvalue weighted by Crippen LogP contribution is -1.95. The number of aryl methyl sites for hydroxylation is 2. The molecule has 0 bridgehead atoms. The molecule has 1 aromatic heterocycles. The number of benzene rings is 2. The van der Waals surface area contributed by atoms with Gasteiger partial charge in [-0.3, -0.25) is 0 Å². The lowest BCUT2D eigenvalue weighted by atomic mass is 10.1. The van der Waals surface area contributed by atoms with Gasteiger partial charge in [-0.2, -0.15) is 0 Å². The molecular formula is C18H15NO3S. The van der Waals surface area contributed by atoms with E-state index in [1.54, 1.807) is 5.38 Å². The van der Waals surface area contributed by atoms with Crippen molar-refractivity contribution in [2.45, 2.75) is 13.8 Å². The van der Waals surface area contributed by atoms with Crippen LogP contribution in [-0.2, 0) is 0 Å². The maximum Gasteiger partial charge on any atom is 0.355 e. The Morgan fingerprint density at radius 1 is 1.09 bits per heavy atom. The highest BCUT2D eigenvalue weighted by Crippen LogP contribution is 2.31. The van der Waals surface area contributed by atoms with Crippen LogP contribution in [0.25, 0.3) is 10.6 Å². The third kappa shape index (κ3) is 3.24. The van der Waals surface area contributed by atoms with Gasteiger partial charge in [-0.15, -0.1) is 11.3 Å². The summed E-state index contributed by atoms with van der Waals surface area (Å²) in [4.78, 5) is 15.0. The van der Waals surface area contributed by atoms with Crippen LogP contribution in [-0.4, -0.2) is 16.1 Å². The summed E-state index contributed by atoms with van der Waals surface area (Å²) >= 11 is 1.31. The third-order valence-electron chi connectivity index (χ3n) is 3.45. The number of para-hydroxylation sites is 1. The number of carboxylic acid groups (broad SMARTS) is 1. The Balaban J connectivity index is 1.83. The van der Waals surface area contributed by atoms with Crippen LogP contribution in [0.3, 0.4) is 0 Å². The molecular weight excluding hydrogens is 310 g/mol. The number of thiazole rings is 1. The van der Waals surface area contributed by atoms with Crippen LogP contribution in [0.1, 0.15) is 21.6 Å². The van der Waals surface area contributed by atoms with E-state index in [9.17, 15) is 4.79 Å². The molecule has 23 heavy (non-hydrogen) atoms. The third-order valence-corrected chi connectivity index (χ3v) is 4.34. The fraction of sp³-hybridized carbons (Fsp3) is 0.111. The quantitative estimate of drug-likeness (QED) is 0.740.